The van der Waals surface area contributed by atoms with Crippen molar-refractivity contribution < 1.29 is 4.74 Å². The molecule has 0 aliphatic carbocycles. The van der Waals surface area contributed by atoms with Crippen LogP contribution in [0.15, 0.2) is 42.6 Å². The zero-order valence-electron chi connectivity index (χ0n) is 14.7. The summed E-state index contributed by atoms with van der Waals surface area (Å²) in [5.41, 5.74) is 2.55. The molecule has 1 aliphatic heterocycles. The Hall–Kier alpha value is -2.07. The van der Waals surface area contributed by atoms with Crippen LogP contribution in [0.3, 0.4) is 0 Å². The first-order valence-electron chi connectivity index (χ1n) is 8.83. The number of piperidine rings is 1. The van der Waals surface area contributed by atoms with Crippen molar-refractivity contribution in [3.63, 3.8) is 0 Å². The molecule has 0 radical (unpaired) electrons. The van der Waals surface area contributed by atoms with Crippen LogP contribution in [0.4, 0.5) is 5.82 Å². The van der Waals surface area contributed by atoms with E-state index in [4.69, 9.17) is 4.74 Å². The molecule has 3 rings (SSSR count). The van der Waals surface area contributed by atoms with Crippen LogP contribution < -0.4 is 15.0 Å². The number of anilines is 1. The van der Waals surface area contributed by atoms with E-state index in [1.165, 1.54) is 30.4 Å². The van der Waals surface area contributed by atoms with E-state index in [1.807, 2.05) is 18.3 Å². The number of benzene rings is 1. The Morgan fingerprint density at radius 1 is 1.12 bits per heavy atom. The Labute approximate surface area is 144 Å². The van der Waals surface area contributed by atoms with Gasteiger partial charge in [0.15, 0.2) is 0 Å². The van der Waals surface area contributed by atoms with Crippen LogP contribution in [-0.2, 0) is 6.54 Å². The lowest BCUT2D eigenvalue weighted by Gasteiger charge is -2.28. The summed E-state index contributed by atoms with van der Waals surface area (Å²) in [5, 5.41) is 3.60. The van der Waals surface area contributed by atoms with Gasteiger partial charge in [0.05, 0.1) is 7.11 Å². The summed E-state index contributed by atoms with van der Waals surface area (Å²) in [6, 6.07) is 12.9. The van der Waals surface area contributed by atoms with E-state index in [9.17, 15) is 0 Å². The third-order valence-electron chi connectivity index (χ3n) is 4.72. The quantitative estimate of drug-likeness (QED) is 0.873. The summed E-state index contributed by atoms with van der Waals surface area (Å²) in [6.07, 6.45) is 5.83. The topological polar surface area (TPSA) is 37.4 Å². The van der Waals surface area contributed by atoms with Gasteiger partial charge in [-0.1, -0.05) is 12.1 Å². The van der Waals surface area contributed by atoms with E-state index in [0.717, 1.165) is 31.2 Å². The lowest BCUT2D eigenvalue weighted by atomic mass is 10.1. The minimum atomic E-state index is 0.294. The summed E-state index contributed by atoms with van der Waals surface area (Å²) in [6.45, 7) is 5.30. The second-order valence-corrected chi connectivity index (χ2v) is 6.45. The van der Waals surface area contributed by atoms with E-state index in [0.29, 0.717) is 6.04 Å². The summed E-state index contributed by atoms with van der Waals surface area (Å²) < 4.78 is 5.22. The highest BCUT2D eigenvalue weighted by Crippen LogP contribution is 2.20. The van der Waals surface area contributed by atoms with Crippen LogP contribution in [-0.4, -0.2) is 25.2 Å². The zero-order chi connectivity index (χ0) is 16.8. The first-order valence-corrected chi connectivity index (χ1v) is 8.83. The number of hydrogen-bond donors (Lipinski definition) is 1. The van der Waals surface area contributed by atoms with E-state index in [1.54, 1.807) is 7.11 Å². The monoisotopic (exact) mass is 325 g/mol. The Balaban J connectivity index is 1.59. The molecule has 1 N–H and O–H groups in total. The maximum absolute atomic E-state index is 5.22. The summed E-state index contributed by atoms with van der Waals surface area (Å²) in [4.78, 5) is 6.95. The highest BCUT2D eigenvalue weighted by molar-refractivity contribution is 5.41. The summed E-state index contributed by atoms with van der Waals surface area (Å²) in [5.74, 6) is 2.01. The molecule has 1 atom stereocenters. The van der Waals surface area contributed by atoms with Crippen molar-refractivity contribution in [3.8, 4) is 5.75 Å². The molecule has 1 saturated heterocycles. The van der Waals surface area contributed by atoms with Gasteiger partial charge in [0.1, 0.15) is 11.6 Å². The lowest BCUT2D eigenvalue weighted by molar-refractivity contribution is 0.414. The zero-order valence-corrected chi connectivity index (χ0v) is 14.7. The summed E-state index contributed by atoms with van der Waals surface area (Å²) >= 11 is 0. The standard InChI is InChI=1S/C20H27N3O/c1-16(18-6-8-19(24-2)9-7-18)22-15-17-10-11-21-20(14-17)23-12-4-3-5-13-23/h6-11,14,16,22H,3-5,12-13,15H2,1-2H3. The maximum Gasteiger partial charge on any atom is 0.128 e. The van der Waals surface area contributed by atoms with Crippen molar-refractivity contribution >= 4 is 5.82 Å². The van der Waals surface area contributed by atoms with E-state index >= 15 is 0 Å². The Kier molecular flexibility index (Phi) is 5.70. The molecular formula is C20H27N3O. The first-order chi connectivity index (χ1) is 11.8. The molecule has 4 heteroatoms. The van der Waals surface area contributed by atoms with Gasteiger partial charge in [-0.05, 0) is 61.6 Å². The molecule has 128 valence electrons. The molecule has 2 aromatic rings. The van der Waals surface area contributed by atoms with Crippen LogP contribution in [0.1, 0.15) is 43.4 Å². The summed E-state index contributed by atoms with van der Waals surface area (Å²) in [7, 11) is 1.69. The van der Waals surface area contributed by atoms with Crippen LogP contribution in [0.5, 0.6) is 5.75 Å². The number of rotatable bonds is 6. The highest BCUT2D eigenvalue weighted by Gasteiger charge is 2.12. The predicted molar refractivity (Wildman–Crippen MR) is 98.5 cm³/mol. The number of aromatic nitrogens is 1. The Morgan fingerprint density at radius 3 is 2.58 bits per heavy atom. The van der Waals surface area contributed by atoms with Gasteiger partial charge < -0.3 is 15.0 Å². The van der Waals surface area contributed by atoms with Crippen LogP contribution in [0, 0.1) is 0 Å². The molecule has 0 spiro atoms. The first kappa shape index (κ1) is 16.8. The largest absolute Gasteiger partial charge is 0.497 e. The minimum Gasteiger partial charge on any atom is -0.497 e. The number of pyridine rings is 1. The van der Waals surface area contributed by atoms with E-state index < -0.39 is 0 Å². The molecular weight excluding hydrogens is 298 g/mol. The average molecular weight is 325 g/mol. The molecule has 1 aromatic carbocycles. The molecule has 2 heterocycles. The van der Waals surface area contributed by atoms with Crippen molar-refractivity contribution in [2.24, 2.45) is 0 Å². The predicted octanol–water partition coefficient (Wildman–Crippen LogP) is 3.93. The fraction of sp³-hybridized carbons (Fsp3) is 0.450. The van der Waals surface area contributed by atoms with Gasteiger partial charge in [-0.2, -0.15) is 0 Å². The lowest BCUT2D eigenvalue weighted by Crippen LogP contribution is -2.30. The number of ether oxygens (including phenoxy) is 1. The van der Waals surface area contributed by atoms with Crippen LogP contribution in [0.25, 0.3) is 0 Å². The SMILES string of the molecule is COc1ccc(C(C)NCc2ccnc(N3CCCCC3)c2)cc1. The van der Waals surface area contributed by atoms with Gasteiger partial charge in [0.25, 0.3) is 0 Å². The Bertz CT molecular complexity index is 636. The number of nitrogens with zero attached hydrogens (tertiary/aromatic N) is 2. The minimum absolute atomic E-state index is 0.294. The van der Waals surface area contributed by atoms with Gasteiger partial charge in [0.2, 0.25) is 0 Å². The van der Waals surface area contributed by atoms with Crippen molar-refractivity contribution in [2.45, 2.75) is 38.8 Å². The van der Waals surface area contributed by atoms with Gasteiger partial charge in [-0.25, -0.2) is 4.98 Å². The second kappa shape index (κ2) is 8.15. The molecule has 1 aromatic heterocycles. The van der Waals surface area contributed by atoms with Gasteiger partial charge in [-0.3, -0.25) is 0 Å². The molecule has 1 aliphatic rings. The molecule has 4 nitrogen and oxygen atoms in total. The van der Waals surface area contributed by atoms with E-state index in [-0.39, 0.29) is 0 Å². The van der Waals surface area contributed by atoms with Gasteiger partial charge in [0, 0.05) is 31.9 Å². The van der Waals surface area contributed by atoms with Gasteiger partial charge >= 0.3 is 0 Å². The van der Waals surface area contributed by atoms with Crippen molar-refractivity contribution in [1.82, 2.24) is 10.3 Å². The Morgan fingerprint density at radius 2 is 1.88 bits per heavy atom. The second-order valence-electron chi connectivity index (χ2n) is 6.45. The average Bonchev–Trinajstić information content (AvgIpc) is 2.67. The maximum atomic E-state index is 5.22. The van der Waals surface area contributed by atoms with E-state index in [2.05, 4.69) is 46.4 Å². The van der Waals surface area contributed by atoms with Crippen molar-refractivity contribution in [1.29, 1.82) is 0 Å². The molecule has 24 heavy (non-hydrogen) atoms. The van der Waals surface area contributed by atoms with Gasteiger partial charge in [-0.15, -0.1) is 0 Å². The van der Waals surface area contributed by atoms with Crippen LogP contribution in [0.2, 0.25) is 0 Å². The van der Waals surface area contributed by atoms with Crippen molar-refractivity contribution in [2.75, 3.05) is 25.1 Å². The fourth-order valence-corrected chi connectivity index (χ4v) is 3.15. The smallest absolute Gasteiger partial charge is 0.128 e. The molecule has 1 unspecified atom stereocenters. The third-order valence-corrected chi connectivity index (χ3v) is 4.72. The van der Waals surface area contributed by atoms with Crippen LogP contribution >= 0.6 is 0 Å². The normalized spacial score (nSPS) is 16.0. The molecule has 0 bridgehead atoms. The molecule has 0 saturated carbocycles. The molecule has 0 amide bonds. The molecule has 1 fully saturated rings. The van der Waals surface area contributed by atoms with Crippen molar-refractivity contribution in [3.05, 3.63) is 53.7 Å². The number of nitrogens with one attached hydrogen (secondary N) is 1. The number of methoxy groups -OCH3 is 1. The third kappa shape index (κ3) is 4.26. The number of hydrogen-bond acceptors (Lipinski definition) is 4. The highest BCUT2D eigenvalue weighted by atomic mass is 16.5. The fourth-order valence-electron chi connectivity index (χ4n) is 3.15.